The van der Waals surface area contributed by atoms with Gasteiger partial charge in [-0.1, -0.05) is 24.6 Å². The first kappa shape index (κ1) is 18.5. The zero-order chi connectivity index (χ0) is 18.2. The van der Waals surface area contributed by atoms with E-state index in [-0.39, 0.29) is 18.3 Å². The summed E-state index contributed by atoms with van der Waals surface area (Å²) in [6.07, 6.45) is 3.26. The van der Waals surface area contributed by atoms with Crippen molar-refractivity contribution in [2.75, 3.05) is 12.4 Å². The maximum atomic E-state index is 12.1. The normalized spacial score (nSPS) is 10.5. The number of carbonyl (C=O) groups excluding carboxylic acids is 2. The molecule has 1 amide bonds. The first-order valence-corrected chi connectivity index (χ1v) is 8.03. The Morgan fingerprint density at radius 2 is 2.00 bits per heavy atom. The second kappa shape index (κ2) is 8.89. The van der Waals surface area contributed by atoms with E-state index in [4.69, 9.17) is 21.1 Å². The number of anilines is 1. The minimum atomic E-state index is -0.337. The lowest BCUT2D eigenvalue weighted by molar-refractivity contribution is -0.134. The molecule has 0 saturated carbocycles. The first-order chi connectivity index (χ1) is 12.0. The van der Waals surface area contributed by atoms with Crippen molar-refractivity contribution in [1.29, 1.82) is 0 Å². The average molecular weight is 360 g/mol. The van der Waals surface area contributed by atoms with Crippen LogP contribution < -0.4 is 14.8 Å². The predicted octanol–water partition coefficient (Wildman–Crippen LogP) is 4.32. The number of rotatable bonds is 6. The number of hydrogen-bond donors (Lipinski definition) is 1. The standard InChI is InChI=1S/C19H18ClNO4/c1-3-19(23)25-16-6-4-5-15(12-16)21-18(22)10-7-13-11-14(20)8-9-17(13)24-2/h4-12H,3H2,1-2H3,(H,21,22)/b10-7+. The summed E-state index contributed by atoms with van der Waals surface area (Å²) in [5.74, 6) is 0.324. The predicted molar refractivity (Wildman–Crippen MR) is 98.0 cm³/mol. The Bertz CT molecular complexity index is 802. The summed E-state index contributed by atoms with van der Waals surface area (Å²) >= 11 is 5.96. The number of halogens is 1. The highest BCUT2D eigenvalue weighted by Crippen LogP contribution is 2.24. The molecule has 2 aromatic rings. The molecule has 0 heterocycles. The van der Waals surface area contributed by atoms with Gasteiger partial charge < -0.3 is 14.8 Å². The Morgan fingerprint density at radius 3 is 2.72 bits per heavy atom. The minimum Gasteiger partial charge on any atom is -0.496 e. The first-order valence-electron chi connectivity index (χ1n) is 7.65. The molecule has 2 aromatic carbocycles. The van der Waals surface area contributed by atoms with Gasteiger partial charge in [0, 0.05) is 34.8 Å². The monoisotopic (exact) mass is 359 g/mol. The minimum absolute atomic E-state index is 0.279. The fourth-order valence-corrected chi connectivity index (χ4v) is 2.21. The van der Waals surface area contributed by atoms with Crippen molar-refractivity contribution in [3.05, 3.63) is 59.1 Å². The Balaban J connectivity index is 2.06. The van der Waals surface area contributed by atoms with Gasteiger partial charge in [0.1, 0.15) is 11.5 Å². The molecule has 0 saturated heterocycles. The zero-order valence-electron chi connectivity index (χ0n) is 13.9. The van der Waals surface area contributed by atoms with Crippen LogP contribution in [0.5, 0.6) is 11.5 Å². The van der Waals surface area contributed by atoms with Crippen molar-refractivity contribution in [1.82, 2.24) is 0 Å². The summed E-state index contributed by atoms with van der Waals surface area (Å²) in [6, 6.07) is 11.8. The van der Waals surface area contributed by atoms with Crippen LogP contribution in [0.4, 0.5) is 5.69 Å². The molecule has 0 radical (unpaired) electrons. The van der Waals surface area contributed by atoms with E-state index in [2.05, 4.69) is 5.32 Å². The molecule has 2 rings (SSSR count). The van der Waals surface area contributed by atoms with Gasteiger partial charge in [0.2, 0.25) is 5.91 Å². The van der Waals surface area contributed by atoms with Crippen LogP contribution in [-0.4, -0.2) is 19.0 Å². The van der Waals surface area contributed by atoms with Crippen LogP contribution in [0.2, 0.25) is 5.02 Å². The summed E-state index contributed by atoms with van der Waals surface area (Å²) < 4.78 is 10.3. The number of esters is 1. The highest BCUT2D eigenvalue weighted by Gasteiger charge is 2.05. The van der Waals surface area contributed by atoms with Gasteiger partial charge in [-0.25, -0.2) is 0 Å². The number of methoxy groups -OCH3 is 1. The van der Waals surface area contributed by atoms with E-state index in [9.17, 15) is 9.59 Å². The van der Waals surface area contributed by atoms with Crippen LogP contribution in [0, 0.1) is 0 Å². The van der Waals surface area contributed by atoms with Gasteiger partial charge in [-0.15, -0.1) is 0 Å². The molecule has 0 atom stereocenters. The number of nitrogens with one attached hydrogen (secondary N) is 1. The molecule has 0 fully saturated rings. The quantitative estimate of drug-likeness (QED) is 0.474. The molecule has 0 aliphatic rings. The topological polar surface area (TPSA) is 64.6 Å². The molecule has 0 aromatic heterocycles. The summed E-state index contributed by atoms with van der Waals surface area (Å²) in [4.78, 5) is 23.4. The van der Waals surface area contributed by atoms with Crippen molar-refractivity contribution < 1.29 is 19.1 Å². The zero-order valence-corrected chi connectivity index (χ0v) is 14.7. The number of hydrogen-bond acceptors (Lipinski definition) is 4. The Morgan fingerprint density at radius 1 is 1.20 bits per heavy atom. The second-order valence-electron chi connectivity index (χ2n) is 5.06. The molecule has 0 aliphatic carbocycles. The van der Waals surface area contributed by atoms with Crippen molar-refractivity contribution in [2.24, 2.45) is 0 Å². The van der Waals surface area contributed by atoms with E-state index in [1.165, 1.54) is 6.08 Å². The molecule has 6 heteroatoms. The van der Waals surface area contributed by atoms with E-state index < -0.39 is 0 Å². The Labute approximate surface area is 151 Å². The number of ether oxygens (including phenoxy) is 2. The summed E-state index contributed by atoms with van der Waals surface area (Å²) in [5.41, 5.74) is 1.21. The Hall–Kier alpha value is -2.79. The van der Waals surface area contributed by atoms with Crippen molar-refractivity contribution >= 4 is 35.2 Å². The second-order valence-corrected chi connectivity index (χ2v) is 5.50. The van der Waals surface area contributed by atoms with Gasteiger partial charge in [-0.2, -0.15) is 0 Å². The lowest BCUT2D eigenvalue weighted by Crippen LogP contribution is -2.09. The SMILES string of the molecule is CCC(=O)Oc1cccc(NC(=O)/C=C/c2cc(Cl)ccc2OC)c1. The Kier molecular flexibility index (Phi) is 6.60. The molecule has 0 spiro atoms. The van der Waals surface area contributed by atoms with Gasteiger partial charge >= 0.3 is 5.97 Å². The number of benzene rings is 2. The van der Waals surface area contributed by atoms with E-state index in [1.54, 1.807) is 62.6 Å². The van der Waals surface area contributed by atoms with E-state index in [0.717, 1.165) is 0 Å². The van der Waals surface area contributed by atoms with Gasteiger partial charge in [0.15, 0.2) is 0 Å². The molecule has 0 aliphatic heterocycles. The molecule has 1 N–H and O–H groups in total. The van der Waals surface area contributed by atoms with Crippen LogP contribution >= 0.6 is 11.6 Å². The average Bonchev–Trinajstić information content (AvgIpc) is 2.60. The van der Waals surface area contributed by atoms with Crippen LogP contribution in [0.25, 0.3) is 6.08 Å². The summed E-state index contributed by atoms with van der Waals surface area (Å²) in [6.45, 7) is 1.71. The third-order valence-electron chi connectivity index (χ3n) is 3.23. The highest BCUT2D eigenvalue weighted by atomic mass is 35.5. The molecule has 0 bridgehead atoms. The van der Waals surface area contributed by atoms with Crippen LogP contribution in [-0.2, 0) is 9.59 Å². The van der Waals surface area contributed by atoms with Crippen LogP contribution in [0.3, 0.4) is 0 Å². The third kappa shape index (κ3) is 5.65. The van der Waals surface area contributed by atoms with E-state index in [1.807, 2.05) is 0 Å². The lowest BCUT2D eigenvalue weighted by atomic mass is 10.2. The number of carbonyl (C=O) groups is 2. The smallest absolute Gasteiger partial charge is 0.310 e. The largest absolute Gasteiger partial charge is 0.496 e. The lowest BCUT2D eigenvalue weighted by Gasteiger charge is -2.07. The molecular formula is C19H18ClNO4. The third-order valence-corrected chi connectivity index (χ3v) is 3.46. The molecule has 0 unspecified atom stereocenters. The summed E-state index contributed by atoms with van der Waals surface area (Å²) in [5, 5.41) is 3.25. The maximum absolute atomic E-state index is 12.1. The molecular weight excluding hydrogens is 342 g/mol. The fourth-order valence-electron chi connectivity index (χ4n) is 2.03. The van der Waals surface area contributed by atoms with Crippen molar-refractivity contribution in [3.8, 4) is 11.5 Å². The van der Waals surface area contributed by atoms with E-state index >= 15 is 0 Å². The van der Waals surface area contributed by atoms with Gasteiger partial charge in [0.25, 0.3) is 0 Å². The molecule has 130 valence electrons. The highest BCUT2D eigenvalue weighted by molar-refractivity contribution is 6.30. The van der Waals surface area contributed by atoms with Gasteiger partial charge in [-0.05, 0) is 36.4 Å². The fraction of sp³-hybridized carbons (Fsp3) is 0.158. The van der Waals surface area contributed by atoms with Crippen molar-refractivity contribution in [2.45, 2.75) is 13.3 Å². The van der Waals surface area contributed by atoms with Crippen LogP contribution in [0.15, 0.2) is 48.5 Å². The molecule has 5 nitrogen and oxygen atoms in total. The van der Waals surface area contributed by atoms with Gasteiger partial charge in [-0.3, -0.25) is 9.59 Å². The molecule has 25 heavy (non-hydrogen) atoms. The van der Waals surface area contributed by atoms with Gasteiger partial charge in [0.05, 0.1) is 7.11 Å². The summed E-state index contributed by atoms with van der Waals surface area (Å²) in [7, 11) is 1.55. The van der Waals surface area contributed by atoms with E-state index in [0.29, 0.717) is 27.8 Å². The van der Waals surface area contributed by atoms with Crippen LogP contribution in [0.1, 0.15) is 18.9 Å². The number of amides is 1. The van der Waals surface area contributed by atoms with Crippen molar-refractivity contribution in [3.63, 3.8) is 0 Å². The maximum Gasteiger partial charge on any atom is 0.310 e.